The predicted octanol–water partition coefficient (Wildman–Crippen LogP) is 2.20. The summed E-state index contributed by atoms with van der Waals surface area (Å²) in [4.78, 5) is 11.8. The van der Waals surface area contributed by atoms with E-state index in [1.54, 1.807) is 13.0 Å². The SMILES string of the molecule is CCOC(=O)C(COc1cc(F)ccc1C)NC1CC1. The second kappa shape index (κ2) is 6.70. The van der Waals surface area contributed by atoms with Crippen LogP contribution in [-0.2, 0) is 9.53 Å². The van der Waals surface area contributed by atoms with E-state index in [9.17, 15) is 9.18 Å². The molecule has 1 aliphatic carbocycles. The highest BCUT2D eigenvalue weighted by atomic mass is 19.1. The van der Waals surface area contributed by atoms with Crippen LogP contribution in [0, 0.1) is 12.7 Å². The third kappa shape index (κ3) is 4.20. The van der Waals surface area contributed by atoms with Gasteiger partial charge in [-0.15, -0.1) is 0 Å². The molecule has 1 aromatic rings. The van der Waals surface area contributed by atoms with Crippen molar-refractivity contribution >= 4 is 5.97 Å². The smallest absolute Gasteiger partial charge is 0.326 e. The van der Waals surface area contributed by atoms with Crippen LogP contribution in [0.5, 0.6) is 5.75 Å². The second-order valence-electron chi connectivity index (χ2n) is 4.97. The van der Waals surface area contributed by atoms with Crippen LogP contribution < -0.4 is 10.1 Å². The van der Waals surface area contributed by atoms with Crippen molar-refractivity contribution in [3.63, 3.8) is 0 Å². The van der Waals surface area contributed by atoms with E-state index < -0.39 is 6.04 Å². The first-order valence-electron chi connectivity index (χ1n) is 6.91. The largest absolute Gasteiger partial charge is 0.491 e. The molecule has 0 heterocycles. The van der Waals surface area contributed by atoms with E-state index >= 15 is 0 Å². The normalized spacial score (nSPS) is 15.8. The maximum absolute atomic E-state index is 13.2. The van der Waals surface area contributed by atoms with Crippen LogP contribution in [0.25, 0.3) is 0 Å². The van der Waals surface area contributed by atoms with Crippen LogP contribution in [0.15, 0.2) is 18.2 Å². The maximum atomic E-state index is 13.2. The second-order valence-corrected chi connectivity index (χ2v) is 4.97. The van der Waals surface area contributed by atoms with Crippen molar-refractivity contribution in [3.8, 4) is 5.75 Å². The molecule has 1 atom stereocenters. The zero-order valence-corrected chi connectivity index (χ0v) is 11.8. The Kier molecular flexibility index (Phi) is 4.95. The first kappa shape index (κ1) is 14.8. The Morgan fingerprint density at radius 2 is 2.25 bits per heavy atom. The Labute approximate surface area is 118 Å². The topological polar surface area (TPSA) is 47.6 Å². The first-order valence-corrected chi connectivity index (χ1v) is 6.91. The number of nitrogens with one attached hydrogen (secondary N) is 1. The average molecular weight is 281 g/mol. The van der Waals surface area contributed by atoms with Crippen LogP contribution in [0.2, 0.25) is 0 Å². The minimum absolute atomic E-state index is 0.139. The van der Waals surface area contributed by atoms with Gasteiger partial charge in [-0.3, -0.25) is 10.1 Å². The van der Waals surface area contributed by atoms with E-state index in [0.717, 1.165) is 18.4 Å². The highest BCUT2D eigenvalue weighted by Crippen LogP contribution is 2.21. The number of esters is 1. The quantitative estimate of drug-likeness (QED) is 0.778. The molecule has 20 heavy (non-hydrogen) atoms. The summed E-state index contributed by atoms with van der Waals surface area (Å²) in [5.74, 6) is -0.223. The van der Waals surface area contributed by atoms with Gasteiger partial charge in [0.1, 0.15) is 24.2 Å². The van der Waals surface area contributed by atoms with Gasteiger partial charge in [0.15, 0.2) is 0 Å². The molecule has 1 aliphatic rings. The van der Waals surface area contributed by atoms with Gasteiger partial charge in [0.05, 0.1) is 6.61 Å². The predicted molar refractivity (Wildman–Crippen MR) is 73.2 cm³/mol. The Morgan fingerprint density at radius 3 is 2.90 bits per heavy atom. The molecule has 0 radical (unpaired) electrons. The molecule has 1 fully saturated rings. The van der Waals surface area contributed by atoms with Crippen molar-refractivity contribution in [1.82, 2.24) is 5.32 Å². The summed E-state index contributed by atoms with van der Waals surface area (Å²) in [6, 6.07) is 4.22. The van der Waals surface area contributed by atoms with Crippen molar-refractivity contribution in [2.45, 2.75) is 38.8 Å². The minimum atomic E-state index is -0.509. The lowest BCUT2D eigenvalue weighted by Gasteiger charge is -2.18. The van der Waals surface area contributed by atoms with Gasteiger partial charge in [0.25, 0.3) is 0 Å². The summed E-state index contributed by atoms with van der Waals surface area (Å²) in [7, 11) is 0. The number of benzene rings is 1. The maximum Gasteiger partial charge on any atom is 0.326 e. The van der Waals surface area contributed by atoms with Gasteiger partial charge in [-0.05, 0) is 38.3 Å². The summed E-state index contributed by atoms with van der Waals surface area (Å²) >= 11 is 0. The molecule has 110 valence electrons. The van der Waals surface area contributed by atoms with E-state index in [2.05, 4.69) is 5.32 Å². The number of carbonyl (C=O) groups is 1. The fourth-order valence-corrected chi connectivity index (χ4v) is 1.86. The van der Waals surface area contributed by atoms with Crippen molar-refractivity contribution in [2.24, 2.45) is 0 Å². The van der Waals surface area contributed by atoms with E-state index in [0.29, 0.717) is 18.4 Å². The van der Waals surface area contributed by atoms with Crippen LogP contribution in [0.4, 0.5) is 4.39 Å². The van der Waals surface area contributed by atoms with E-state index in [4.69, 9.17) is 9.47 Å². The molecule has 0 amide bonds. The summed E-state index contributed by atoms with van der Waals surface area (Å²) in [6.45, 7) is 4.08. The molecule has 2 rings (SSSR count). The van der Waals surface area contributed by atoms with Crippen molar-refractivity contribution < 1.29 is 18.7 Å². The first-order chi connectivity index (χ1) is 9.60. The Hall–Kier alpha value is -1.62. The molecule has 0 spiro atoms. The Balaban J connectivity index is 1.96. The highest BCUT2D eigenvalue weighted by molar-refractivity contribution is 5.76. The lowest BCUT2D eigenvalue weighted by atomic mass is 10.2. The molecule has 1 saturated carbocycles. The molecule has 5 heteroatoms. The molecule has 0 saturated heterocycles. The lowest BCUT2D eigenvalue weighted by Crippen LogP contribution is -2.43. The monoisotopic (exact) mass is 281 g/mol. The van der Waals surface area contributed by atoms with Gasteiger partial charge >= 0.3 is 5.97 Å². The van der Waals surface area contributed by atoms with Crippen LogP contribution in [0.3, 0.4) is 0 Å². The third-order valence-electron chi connectivity index (χ3n) is 3.14. The van der Waals surface area contributed by atoms with Gasteiger partial charge < -0.3 is 9.47 Å². The number of ether oxygens (including phenoxy) is 2. The number of rotatable bonds is 7. The minimum Gasteiger partial charge on any atom is -0.491 e. The number of carbonyl (C=O) groups excluding carboxylic acids is 1. The lowest BCUT2D eigenvalue weighted by molar-refractivity contribution is -0.146. The number of hydrogen-bond donors (Lipinski definition) is 1. The van der Waals surface area contributed by atoms with Crippen molar-refractivity contribution in [1.29, 1.82) is 0 Å². The zero-order valence-electron chi connectivity index (χ0n) is 11.8. The molecule has 0 aromatic heterocycles. The molecule has 1 aromatic carbocycles. The van der Waals surface area contributed by atoms with Crippen LogP contribution in [-0.4, -0.2) is 31.3 Å². The van der Waals surface area contributed by atoms with E-state index in [-0.39, 0.29) is 18.4 Å². The third-order valence-corrected chi connectivity index (χ3v) is 3.14. The van der Waals surface area contributed by atoms with Gasteiger partial charge in [-0.1, -0.05) is 6.07 Å². The van der Waals surface area contributed by atoms with Gasteiger partial charge in [-0.2, -0.15) is 0 Å². The van der Waals surface area contributed by atoms with Crippen molar-refractivity contribution in [2.75, 3.05) is 13.2 Å². The molecular formula is C15H20FNO3. The molecule has 1 unspecified atom stereocenters. The van der Waals surface area contributed by atoms with Crippen LogP contribution in [0.1, 0.15) is 25.3 Å². The molecule has 1 N–H and O–H groups in total. The summed E-state index contributed by atoms with van der Waals surface area (Å²) < 4.78 is 23.8. The Bertz CT molecular complexity index is 474. The van der Waals surface area contributed by atoms with Gasteiger partial charge in [0, 0.05) is 12.1 Å². The summed E-state index contributed by atoms with van der Waals surface area (Å²) in [6.07, 6.45) is 2.13. The highest BCUT2D eigenvalue weighted by Gasteiger charge is 2.29. The number of hydrogen-bond acceptors (Lipinski definition) is 4. The van der Waals surface area contributed by atoms with Gasteiger partial charge in [-0.25, -0.2) is 4.39 Å². The zero-order chi connectivity index (χ0) is 14.5. The standard InChI is InChI=1S/C15H20FNO3/c1-3-19-15(18)13(17-12-6-7-12)9-20-14-8-11(16)5-4-10(14)2/h4-5,8,12-13,17H,3,6-7,9H2,1-2H3. The molecule has 4 nitrogen and oxygen atoms in total. The summed E-state index contributed by atoms with van der Waals surface area (Å²) in [5.41, 5.74) is 0.834. The van der Waals surface area contributed by atoms with Crippen LogP contribution >= 0.6 is 0 Å². The molecule has 0 aliphatic heterocycles. The fraction of sp³-hybridized carbons (Fsp3) is 0.533. The fourth-order valence-electron chi connectivity index (χ4n) is 1.86. The summed E-state index contributed by atoms with van der Waals surface area (Å²) in [5, 5.41) is 3.19. The average Bonchev–Trinajstić information content (AvgIpc) is 3.22. The van der Waals surface area contributed by atoms with E-state index in [1.165, 1.54) is 12.1 Å². The number of halogens is 1. The Morgan fingerprint density at radius 1 is 1.50 bits per heavy atom. The van der Waals surface area contributed by atoms with E-state index in [1.807, 2.05) is 6.92 Å². The molecule has 0 bridgehead atoms. The van der Waals surface area contributed by atoms with Gasteiger partial charge in [0.2, 0.25) is 0 Å². The number of aryl methyl sites for hydroxylation is 1. The molecular weight excluding hydrogens is 261 g/mol. The van der Waals surface area contributed by atoms with Crippen molar-refractivity contribution in [3.05, 3.63) is 29.6 Å².